The minimum atomic E-state index is -4.00. The van der Waals surface area contributed by atoms with Gasteiger partial charge in [-0.15, -0.1) is 0 Å². The number of nitrogens with zero attached hydrogens (tertiary/aromatic N) is 3. The van der Waals surface area contributed by atoms with Crippen molar-refractivity contribution in [3.63, 3.8) is 0 Å². The first-order chi connectivity index (χ1) is 16.9. The van der Waals surface area contributed by atoms with Crippen LogP contribution in [0.25, 0.3) is 5.82 Å². The van der Waals surface area contributed by atoms with Gasteiger partial charge in [0, 0.05) is 18.5 Å². The molecule has 1 amide bonds. The molecule has 35 heavy (non-hydrogen) atoms. The van der Waals surface area contributed by atoms with Gasteiger partial charge in [0.2, 0.25) is 0 Å². The molecule has 5 rings (SSSR count). The highest BCUT2D eigenvalue weighted by molar-refractivity contribution is 7.92. The Bertz CT molecular complexity index is 1500. The zero-order valence-corrected chi connectivity index (χ0v) is 19.5. The van der Waals surface area contributed by atoms with Crippen LogP contribution in [-0.4, -0.2) is 42.1 Å². The van der Waals surface area contributed by atoms with Gasteiger partial charge in [-0.3, -0.25) is 14.1 Å². The van der Waals surface area contributed by atoms with Crippen molar-refractivity contribution in [2.75, 3.05) is 23.3 Å². The number of benzene rings is 2. The number of amides is 1. The van der Waals surface area contributed by atoms with Crippen molar-refractivity contribution in [2.45, 2.75) is 11.8 Å². The summed E-state index contributed by atoms with van der Waals surface area (Å²) in [4.78, 5) is 21.5. The SMILES string of the molecule is Cc1nccn1-c1ccc(NC(=O)c2ccccc2NS(=O)(=O)c2ccc3c(c2)OCCO3)cn1. The summed E-state index contributed by atoms with van der Waals surface area (Å²) in [6.45, 7) is 2.60. The van der Waals surface area contributed by atoms with E-state index in [1.165, 1.54) is 30.5 Å². The second-order valence-electron chi connectivity index (χ2n) is 7.66. The molecule has 1 aliphatic rings. The average molecular weight is 492 g/mol. The Kier molecular flexibility index (Phi) is 5.83. The van der Waals surface area contributed by atoms with Crippen LogP contribution in [0.15, 0.2) is 78.1 Å². The number of ether oxygens (including phenoxy) is 2. The summed E-state index contributed by atoms with van der Waals surface area (Å²) in [5.41, 5.74) is 0.752. The summed E-state index contributed by atoms with van der Waals surface area (Å²) in [7, 11) is -4.00. The predicted octanol–water partition coefficient (Wildman–Crippen LogP) is 3.40. The maximum absolute atomic E-state index is 13.0. The van der Waals surface area contributed by atoms with Gasteiger partial charge in [-0.25, -0.2) is 18.4 Å². The smallest absolute Gasteiger partial charge is 0.262 e. The molecule has 0 fully saturated rings. The second-order valence-corrected chi connectivity index (χ2v) is 9.34. The van der Waals surface area contributed by atoms with Gasteiger partial charge in [0.15, 0.2) is 11.5 Å². The van der Waals surface area contributed by atoms with Crippen molar-refractivity contribution in [3.05, 3.63) is 84.6 Å². The highest BCUT2D eigenvalue weighted by Gasteiger charge is 2.22. The molecule has 0 saturated heterocycles. The molecule has 4 aromatic rings. The molecule has 3 heterocycles. The third-order valence-electron chi connectivity index (χ3n) is 5.32. The molecule has 2 aromatic heterocycles. The van der Waals surface area contributed by atoms with Crippen LogP contribution in [0.3, 0.4) is 0 Å². The van der Waals surface area contributed by atoms with Crippen molar-refractivity contribution >= 4 is 27.3 Å². The molecule has 0 bridgehead atoms. The molecule has 0 atom stereocenters. The molecule has 2 aromatic carbocycles. The van der Waals surface area contributed by atoms with E-state index in [1.54, 1.807) is 42.7 Å². The van der Waals surface area contributed by atoms with Crippen molar-refractivity contribution in [1.29, 1.82) is 0 Å². The minimum absolute atomic E-state index is 0.00783. The number of fused-ring (bicyclic) bond motifs is 1. The van der Waals surface area contributed by atoms with Gasteiger partial charge in [-0.05, 0) is 43.3 Å². The fourth-order valence-electron chi connectivity index (χ4n) is 3.59. The third kappa shape index (κ3) is 4.66. The predicted molar refractivity (Wildman–Crippen MR) is 129 cm³/mol. The van der Waals surface area contributed by atoms with Crippen LogP contribution in [0.1, 0.15) is 16.2 Å². The molecule has 1 aliphatic heterocycles. The zero-order chi connectivity index (χ0) is 24.4. The van der Waals surface area contributed by atoms with E-state index in [-0.39, 0.29) is 16.1 Å². The Labute approximate surface area is 201 Å². The number of sulfonamides is 1. The Morgan fingerprint density at radius 3 is 2.54 bits per heavy atom. The van der Waals surface area contributed by atoms with Crippen molar-refractivity contribution < 1.29 is 22.7 Å². The van der Waals surface area contributed by atoms with Crippen LogP contribution in [0.2, 0.25) is 0 Å². The largest absolute Gasteiger partial charge is 0.486 e. The zero-order valence-electron chi connectivity index (χ0n) is 18.6. The number of hydrogen-bond acceptors (Lipinski definition) is 7. The van der Waals surface area contributed by atoms with E-state index < -0.39 is 15.9 Å². The maximum Gasteiger partial charge on any atom is 0.262 e. The van der Waals surface area contributed by atoms with E-state index >= 15 is 0 Å². The average Bonchev–Trinajstić information content (AvgIpc) is 3.30. The first kappa shape index (κ1) is 22.4. The lowest BCUT2D eigenvalue weighted by molar-refractivity contribution is 0.102. The van der Waals surface area contributed by atoms with Gasteiger partial charge in [0.05, 0.1) is 28.0 Å². The summed E-state index contributed by atoms with van der Waals surface area (Å²) >= 11 is 0. The number of anilines is 2. The number of pyridine rings is 1. The fraction of sp³-hybridized carbons (Fsp3) is 0.125. The van der Waals surface area contributed by atoms with Crippen LogP contribution in [0, 0.1) is 6.92 Å². The Morgan fingerprint density at radius 1 is 1.00 bits per heavy atom. The van der Waals surface area contributed by atoms with Crippen LogP contribution >= 0.6 is 0 Å². The first-order valence-electron chi connectivity index (χ1n) is 10.7. The van der Waals surface area contributed by atoms with Gasteiger partial charge < -0.3 is 14.8 Å². The van der Waals surface area contributed by atoms with E-state index in [9.17, 15) is 13.2 Å². The van der Waals surface area contributed by atoms with Crippen LogP contribution in [0.5, 0.6) is 11.5 Å². The number of aryl methyl sites for hydroxylation is 1. The topological polar surface area (TPSA) is 124 Å². The van der Waals surface area contributed by atoms with Gasteiger partial charge in [0.25, 0.3) is 15.9 Å². The number of carbonyl (C=O) groups excluding carboxylic acids is 1. The fourth-order valence-corrected chi connectivity index (χ4v) is 4.68. The lowest BCUT2D eigenvalue weighted by Crippen LogP contribution is -2.19. The molecule has 10 nitrogen and oxygen atoms in total. The summed E-state index contributed by atoms with van der Waals surface area (Å²) < 4.78 is 41.3. The summed E-state index contributed by atoms with van der Waals surface area (Å²) in [6.07, 6.45) is 4.99. The quantitative estimate of drug-likeness (QED) is 0.424. The Hall–Kier alpha value is -4.38. The number of rotatable bonds is 6. The molecule has 2 N–H and O–H groups in total. The second kappa shape index (κ2) is 9.11. The van der Waals surface area contributed by atoms with E-state index in [0.29, 0.717) is 36.2 Å². The van der Waals surface area contributed by atoms with Crippen LogP contribution in [-0.2, 0) is 10.0 Å². The number of hydrogen-bond donors (Lipinski definition) is 2. The molecule has 0 spiro atoms. The normalized spacial score (nSPS) is 12.7. The van der Waals surface area contributed by atoms with E-state index in [4.69, 9.17) is 9.47 Å². The summed E-state index contributed by atoms with van der Waals surface area (Å²) in [5.74, 6) is 1.79. The van der Waals surface area contributed by atoms with E-state index in [1.807, 2.05) is 11.5 Å². The molecule has 0 saturated carbocycles. The standard InChI is InChI=1S/C24H21N5O5S/c1-16-25-10-11-29(16)23-9-6-17(15-26-23)27-24(30)19-4-2-3-5-20(19)28-35(31,32)18-7-8-21-22(14-18)34-13-12-33-21/h2-11,14-15,28H,12-13H2,1H3,(H,27,30). The van der Waals surface area contributed by atoms with Crippen molar-refractivity contribution in [1.82, 2.24) is 14.5 Å². The summed E-state index contributed by atoms with van der Waals surface area (Å²) in [5, 5.41) is 2.75. The maximum atomic E-state index is 13.0. The highest BCUT2D eigenvalue weighted by atomic mass is 32.2. The van der Waals surface area contributed by atoms with Crippen LogP contribution in [0.4, 0.5) is 11.4 Å². The Balaban J connectivity index is 1.35. The molecular weight excluding hydrogens is 470 g/mol. The van der Waals surface area contributed by atoms with Crippen LogP contribution < -0.4 is 19.5 Å². The van der Waals surface area contributed by atoms with Gasteiger partial charge in [-0.1, -0.05) is 12.1 Å². The minimum Gasteiger partial charge on any atom is -0.486 e. The van der Waals surface area contributed by atoms with E-state index in [2.05, 4.69) is 20.0 Å². The monoisotopic (exact) mass is 491 g/mol. The van der Waals surface area contributed by atoms with E-state index in [0.717, 1.165) is 5.82 Å². The van der Waals surface area contributed by atoms with Crippen molar-refractivity contribution in [2.24, 2.45) is 0 Å². The lowest BCUT2D eigenvalue weighted by atomic mass is 10.1. The van der Waals surface area contributed by atoms with Gasteiger partial charge >= 0.3 is 0 Å². The number of carbonyl (C=O) groups is 1. The lowest BCUT2D eigenvalue weighted by Gasteiger charge is -2.19. The number of aromatic nitrogens is 3. The highest BCUT2D eigenvalue weighted by Crippen LogP contribution is 2.33. The summed E-state index contributed by atoms with van der Waals surface area (Å²) in [6, 6.07) is 14.2. The molecular formula is C24H21N5O5S. The molecule has 0 aliphatic carbocycles. The number of para-hydroxylation sites is 1. The van der Waals surface area contributed by atoms with Gasteiger partial charge in [-0.2, -0.15) is 0 Å². The number of imidazole rings is 1. The molecule has 0 unspecified atom stereocenters. The van der Waals surface area contributed by atoms with Gasteiger partial charge in [0.1, 0.15) is 24.9 Å². The Morgan fingerprint density at radius 2 is 1.80 bits per heavy atom. The van der Waals surface area contributed by atoms with Crippen molar-refractivity contribution in [3.8, 4) is 17.3 Å². The third-order valence-corrected chi connectivity index (χ3v) is 6.68. The number of nitrogens with one attached hydrogen (secondary N) is 2. The molecule has 11 heteroatoms. The molecule has 0 radical (unpaired) electrons. The molecule has 178 valence electrons. The first-order valence-corrected chi connectivity index (χ1v) is 12.2.